The van der Waals surface area contributed by atoms with E-state index in [4.69, 9.17) is 4.74 Å². The van der Waals surface area contributed by atoms with E-state index < -0.39 is 35.5 Å². The van der Waals surface area contributed by atoms with Crippen molar-refractivity contribution in [2.75, 3.05) is 24.5 Å². The molecule has 12 nitrogen and oxygen atoms in total. The summed E-state index contributed by atoms with van der Waals surface area (Å²) in [7, 11) is 0. The van der Waals surface area contributed by atoms with Crippen molar-refractivity contribution in [1.29, 1.82) is 0 Å². The summed E-state index contributed by atoms with van der Waals surface area (Å²) in [5.41, 5.74) is -1.18. The lowest BCUT2D eigenvalue weighted by Crippen LogP contribution is -2.60. The number of carboxylic acid groups (broad SMARTS) is 1. The van der Waals surface area contributed by atoms with Gasteiger partial charge in [-0.15, -0.1) is 0 Å². The standard InChI is InChI=1S/C28H36N6O6/c1-8-17-11-9-10-12-18(17)34-20-21(30-25(37)33(22(20)35)16-40-23(36)28(5,6)7)29-24(34)31-13-14-32(26(38)39)19(15-31)27(2,3)4/h8-12,19H,1,13-16H2,2-7H3,(H,30,37)(H,38,39). The van der Waals surface area contributed by atoms with E-state index in [0.717, 1.165) is 10.1 Å². The average Bonchev–Trinajstić information content (AvgIpc) is 3.26. The molecule has 1 saturated heterocycles. The van der Waals surface area contributed by atoms with Crippen LogP contribution in [-0.4, -0.2) is 66.8 Å². The van der Waals surface area contributed by atoms with Gasteiger partial charge >= 0.3 is 17.8 Å². The smallest absolute Gasteiger partial charge is 0.407 e. The van der Waals surface area contributed by atoms with Crippen molar-refractivity contribution >= 4 is 35.3 Å². The average molecular weight is 553 g/mol. The molecule has 12 heteroatoms. The van der Waals surface area contributed by atoms with Gasteiger partial charge in [0.05, 0.1) is 17.1 Å². The Balaban J connectivity index is 1.93. The van der Waals surface area contributed by atoms with Gasteiger partial charge in [0.15, 0.2) is 17.9 Å². The lowest BCUT2D eigenvalue weighted by molar-refractivity contribution is -0.157. The van der Waals surface area contributed by atoms with Crippen LogP contribution in [0.5, 0.6) is 0 Å². The van der Waals surface area contributed by atoms with Gasteiger partial charge in [-0.1, -0.05) is 51.6 Å². The van der Waals surface area contributed by atoms with Gasteiger partial charge in [0.25, 0.3) is 5.56 Å². The molecule has 0 bridgehead atoms. The molecule has 0 radical (unpaired) electrons. The molecular weight excluding hydrogens is 516 g/mol. The van der Waals surface area contributed by atoms with Gasteiger partial charge < -0.3 is 19.6 Å². The Morgan fingerprint density at radius 2 is 1.82 bits per heavy atom. The predicted octanol–water partition coefficient (Wildman–Crippen LogP) is 3.28. The van der Waals surface area contributed by atoms with Crippen LogP contribution in [0.1, 0.15) is 47.1 Å². The maximum atomic E-state index is 13.8. The highest BCUT2D eigenvalue weighted by Gasteiger charge is 2.39. The first-order valence-electron chi connectivity index (χ1n) is 13.0. The molecule has 2 aromatic heterocycles. The maximum absolute atomic E-state index is 13.8. The van der Waals surface area contributed by atoms with Gasteiger partial charge in [-0.25, -0.2) is 14.2 Å². The number of aromatic nitrogens is 4. The first kappa shape index (κ1) is 28.7. The summed E-state index contributed by atoms with van der Waals surface area (Å²) in [6.45, 7) is 15.2. The van der Waals surface area contributed by atoms with Crippen LogP contribution in [0.4, 0.5) is 10.7 Å². The summed E-state index contributed by atoms with van der Waals surface area (Å²) in [5, 5.41) is 9.84. The number of fused-ring (bicyclic) bond motifs is 1. The molecule has 40 heavy (non-hydrogen) atoms. The molecule has 3 aromatic rings. The van der Waals surface area contributed by atoms with E-state index in [-0.39, 0.29) is 29.2 Å². The Morgan fingerprint density at radius 1 is 1.15 bits per heavy atom. The zero-order valence-corrected chi connectivity index (χ0v) is 23.7. The molecule has 2 N–H and O–H groups in total. The number of imidazole rings is 1. The number of carbonyl (C=O) groups is 2. The third-order valence-electron chi connectivity index (χ3n) is 7.02. The van der Waals surface area contributed by atoms with Crippen LogP contribution in [0.3, 0.4) is 0 Å². The Labute approximate surface area is 231 Å². The molecule has 214 valence electrons. The van der Waals surface area contributed by atoms with Crippen molar-refractivity contribution in [3.05, 3.63) is 57.2 Å². The topological polar surface area (TPSA) is 143 Å². The molecule has 0 spiro atoms. The third kappa shape index (κ3) is 5.25. The number of aromatic amines is 1. The van der Waals surface area contributed by atoms with Gasteiger partial charge in [-0.2, -0.15) is 4.98 Å². The molecule has 1 aliphatic heterocycles. The molecule has 1 aliphatic rings. The molecular formula is C28H36N6O6. The van der Waals surface area contributed by atoms with Crippen LogP contribution < -0.4 is 16.1 Å². The van der Waals surface area contributed by atoms with Gasteiger partial charge in [0.1, 0.15) is 0 Å². The highest BCUT2D eigenvalue weighted by atomic mass is 16.5. The molecule has 1 aromatic carbocycles. The number of ether oxygens (including phenoxy) is 1. The quantitative estimate of drug-likeness (QED) is 0.459. The van der Waals surface area contributed by atoms with Crippen molar-refractivity contribution in [2.24, 2.45) is 10.8 Å². The van der Waals surface area contributed by atoms with Crippen molar-refractivity contribution in [3.63, 3.8) is 0 Å². The van der Waals surface area contributed by atoms with E-state index in [1.807, 2.05) is 49.9 Å². The maximum Gasteiger partial charge on any atom is 0.407 e. The molecule has 1 atom stereocenters. The minimum absolute atomic E-state index is 0.0650. The highest BCUT2D eigenvalue weighted by Crippen LogP contribution is 2.32. The Bertz CT molecular complexity index is 1590. The summed E-state index contributed by atoms with van der Waals surface area (Å²) < 4.78 is 7.77. The van der Waals surface area contributed by atoms with Gasteiger partial charge in [0, 0.05) is 19.6 Å². The van der Waals surface area contributed by atoms with Gasteiger partial charge in [-0.3, -0.25) is 19.1 Å². The van der Waals surface area contributed by atoms with Crippen molar-refractivity contribution in [2.45, 2.75) is 54.3 Å². The lowest BCUT2D eigenvalue weighted by Gasteiger charge is -2.46. The van der Waals surface area contributed by atoms with Crippen molar-refractivity contribution in [1.82, 2.24) is 24.0 Å². The number of carbonyl (C=O) groups excluding carboxylic acids is 1. The van der Waals surface area contributed by atoms with Crippen LogP contribution in [-0.2, 0) is 16.3 Å². The number of esters is 1. The second-order valence-corrected chi connectivity index (χ2v) is 12.0. The Hall–Kier alpha value is -4.35. The normalized spacial score (nSPS) is 16.3. The third-order valence-corrected chi connectivity index (χ3v) is 7.02. The molecule has 0 saturated carbocycles. The monoisotopic (exact) mass is 552 g/mol. The fourth-order valence-corrected chi connectivity index (χ4v) is 4.78. The number of nitrogens with zero attached hydrogens (tertiary/aromatic N) is 5. The van der Waals surface area contributed by atoms with Gasteiger partial charge in [-0.05, 0) is 37.8 Å². The predicted molar refractivity (Wildman–Crippen MR) is 152 cm³/mol. The Kier molecular flexibility index (Phi) is 7.39. The van der Waals surface area contributed by atoms with Gasteiger partial charge in [0.2, 0.25) is 5.95 Å². The number of hydrogen-bond acceptors (Lipinski definition) is 7. The molecule has 1 unspecified atom stereocenters. The summed E-state index contributed by atoms with van der Waals surface area (Å²) in [4.78, 5) is 61.8. The number of anilines is 1. The highest BCUT2D eigenvalue weighted by molar-refractivity contribution is 5.79. The zero-order chi connectivity index (χ0) is 29.6. The van der Waals surface area contributed by atoms with Crippen LogP contribution >= 0.6 is 0 Å². The lowest BCUT2D eigenvalue weighted by atomic mass is 9.84. The summed E-state index contributed by atoms with van der Waals surface area (Å²) >= 11 is 0. The fourth-order valence-electron chi connectivity index (χ4n) is 4.78. The number of amides is 1. The first-order valence-corrected chi connectivity index (χ1v) is 13.0. The first-order chi connectivity index (χ1) is 18.6. The SMILES string of the molecule is C=Cc1ccccc1-n1c(N2CCN(C(=O)O)C(C(C)(C)C)C2)nc2[nH]c(=O)n(COC(=O)C(C)(C)C)c(=O)c21. The van der Waals surface area contributed by atoms with E-state index in [1.165, 1.54) is 4.90 Å². The molecule has 1 amide bonds. The Morgan fingerprint density at radius 3 is 2.42 bits per heavy atom. The van der Waals surface area contributed by atoms with Crippen molar-refractivity contribution < 1.29 is 19.4 Å². The second-order valence-electron chi connectivity index (χ2n) is 12.0. The fraction of sp³-hybridized carbons (Fsp3) is 0.464. The van der Waals surface area contributed by atoms with Crippen LogP contribution in [0.2, 0.25) is 0 Å². The number of para-hydroxylation sites is 1. The number of H-pyrrole nitrogens is 1. The minimum atomic E-state index is -0.998. The van der Waals surface area contributed by atoms with E-state index in [9.17, 15) is 24.3 Å². The summed E-state index contributed by atoms with van der Waals surface area (Å²) in [6, 6.07) is 6.94. The molecule has 0 aliphatic carbocycles. The van der Waals surface area contributed by atoms with E-state index in [0.29, 0.717) is 24.7 Å². The van der Waals surface area contributed by atoms with Crippen LogP contribution in [0.25, 0.3) is 22.9 Å². The summed E-state index contributed by atoms with van der Waals surface area (Å²) in [6.07, 6.45) is 0.655. The molecule has 1 fully saturated rings. The van der Waals surface area contributed by atoms with E-state index in [2.05, 4.69) is 16.5 Å². The minimum Gasteiger partial charge on any atom is -0.465 e. The summed E-state index contributed by atoms with van der Waals surface area (Å²) in [5.74, 6) is -0.185. The molecule has 4 rings (SSSR count). The van der Waals surface area contributed by atoms with E-state index >= 15 is 0 Å². The zero-order valence-electron chi connectivity index (χ0n) is 23.7. The van der Waals surface area contributed by atoms with E-state index in [1.54, 1.807) is 31.4 Å². The molecule has 3 heterocycles. The number of piperazine rings is 1. The number of nitrogens with one attached hydrogen (secondary N) is 1. The van der Waals surface area contributed by atoms with Crippen LogP contribution in [0, 0.1) is 10.8 Å². The number of hydrogen-bond donors (Lipinski definition) is 2. The van der Waals surface area contributed by atoms with Crippen molar-refractivity contribution in [3.8, 4) is 5.69 Å². The number of rotatable bonds is 5. The largest absolute Gasteiger partial charge is 0.465 e. The van der Waals surface area contributed by atoms with Crippen LogP contribution in [0.15, 0.2) is 40.4 Å². The number of benzene rings is 1. The second kappa shape index (κ2) is 10.3.